The molecule has 5 nitrogen and oxygen atoms in total. The summed E-state index contributed by atoms with van der Waals surface area (Å²) < 4.78 is 16.2. The summed E-state index contributed by atoms with van der Waals surface area (Å²) >= 11 is 0. The Bertz CT molecular complexity index is 802. The normalized spacial score (nSPS) is 16.6. The molecule has 0 unspecified atom stereocenters. The Morgan fingerprint density at radius 2 is 2.20 bits per heavy atom. The molecule has 1 fully saturated rings. The Balaban J connectivity index is 2.05. The lowest BCUT2D eigenvalue weighted by molar-refractivity contribution is 0.292. The van der Waals surface area contributed by atoms with Crippen molar-refractivity contribution in [2.75, 3.05) is 20.3 Å². The van der Waals surface area contributed by atoms with Crippen LogP contribution in [0.2, 0.25) is 6.32 Å². The summed E-state index contributed by atoms with van der Waals surface area (Å²) in [6.45, 7) is 2.83. The fraction of sp³-hybridized carbons (Fsp3) is 0.316. The van der Waals surface area contributed by atoms with Gasteiger partial charge in [0.2, 0.25) is 0 Å². The average Bonchev–Trinajstić information content (AvgIpc) is 3.08. The van der Waals surface area contributed by atoms with Crippen molar-refractivity contribution < 1.29 is 19.2 Å². The number of ether oxygens (including phenoxy) is 2. The molecule has 0 radical (unpaired) electrons. The fourth-order valence-electron chi connectivity index (χ4n) is 3.16. The van der Waals surface area contributed by atoms with Crippen molar-refractivity contribution in [3.63, 3.8) is 0 Å². The SMILES string of the molecule is CCOc1c(OC)ccc(-c2cccc([C@H]3COB(O)C3)c2)c1C#N. The monoisotopic (exact) mass is 337 g/mol. The number of hydrogen-bond acceptors (Lipinski definition) is 5. The highest BCUT2D eigenvalue weighted by Gasteiger charge is 2.29. The highest BCUT2D eigenvalue weighted by Crippen LogP contribution is 2.39. The summed E-state index contributed by atoms with van der Waals surface area (Å²) in [5.41, 5.74) is 3.28. The van der Waals surface area contributed by atoms with Gasteiger partial charge in [0.1, 0.15) is 11.6 Å². The van der Waals surface area contributed by atoms with Gasteiger partial charge in [-0.1, -0.05) is 24.3 Å². The Labute approximate surface area is 147 Å². The second-order valence-corrected chi connectivity index (χ2v) is 5.91. The third-order valence-corrected chi connectivity index (χ3v) is 4.39. The van der Waals surface area contributed by atoms with E-state index in [0.717, 1.165) is 16.7 Å². The number of methoxy groups -OCH3 is 1. The first-order valence-corrected chi connectivity index (χ1v) is 8.31. The maximum atomic E-state index is 9.68. The molecule has 1 N–H and O–H groups in total. The van der Waals surface area contributed by atoms with Crippen LogP contribution in [0.15, 0.2) is 36.4 Å². The van der Waals surface area contributed by atoms with E-state index < -0.39 is 7.12 Å². The molecule has 3 rings (SSSR count). The van der Waals surface area contributed by atoms with Gasteiger partial charge >= 0.3 is 7.12 Å². The summed E-state index contributed by atoms with van der Waals surface area (Å²) in [7, 11) is 0.860. The molecule has 2 aromatic rings. The zero-order valence-electron chi connectivity index (χ0n) is 14.4. The smallest absolute Gasteiger partial charge is 0.454 e. The summed E-state index contributed by atoms with van der Waals surface area (Å²) in [5.74, 6) is 1.17. The third kappa shape index (κ3) is 3.48. The van der Waals surface area contributed by atoms with Crippen LogP contribution >= 0.6 is 0 Å². The zero-order valence-corrected chi connectivity index (χ0v) is 14.4. The zero-order chi connectivity index (χ0) is 17.8. The molecule has 128 valence electrons. The molecule has 0 bridgehead atoms. The van der Waals surface area contributed by atoms with Gasteiger partial charge in [0.05, 0.1) is 13.7 Å². The number of nitrogens with zero attached hydrogens (tertiary/aromatic N) is 1. The van der Waals surface area contributed by atoms with Gasteiger partial charge in [0.15, 0.2) is 11.5 Å². The minimum Gasteiger partial charge on any atom is -0.493 e. The molecule has 0 amide bonds. The van der Waals surface area contributed by atoms with E-state index in [1.807, 2.05) is 43.3 Å². The molecule has 6 heteroatoms. The molecule has 2 aromatic carbocycles. The maximum absolute atomic E-state index is 9.68. The molecule has 1 atom stereocenters. The first kappa shape index (κ1) is 17.3. The Morgan fingerprint density at radius 1 is 1.36 bits per heavy atom. The molecule has 1 heterocycles. The van der Waals surface area contributed by atoms with Gasteiger partial charge in [-0.05, 0) is 36.5 Å². The molecular formula is C19H20BNO4. The maximum Gasteiger partial charge on any atom is 0.454 e. The van der Waals surface area contributed by atoms with E-state index in [-0.39, 0.29) is 5.92 Å². The highest BCUT2D eigenvalue weighted by atomic mass is 16.5. The minimum absolute atomic E-state index is 0.157. The quantitative estimate of drug-likeness (QED) is 0.848. The van der Waals surface area contributed by atoms with Crippen LogP contribution in [0, 0.1) is 11.3 Å². The van der Waals surface area contributed by atoms with Crippen LogP contribution in [0.4, 0.5) is 0 Å². The molecular weight excluding hydrogens is 317 g/mol. The van der Waals surface area contributed by atoms with Crippen molar-refractivity contribution >= 4 is 7.12 Å². The predicted molar refractivity (Wildman–Crippen MR) is 95.8 cm³/mol. The molecule has 0 saturated carbocycles. The van der Waals surface area contributed by atoms with E-state index in [9.17, 15) is 10.3 Å². The van der Waals surface area contributed by atoms with E-state index in [1.165, 1.54) is 0 Å². The van der Waals surface area contributed by atoms with E-state index >= 15 is 0 Å². The van der Waals surface area contributed by atoms with E-state index in [1.54, 1.807) is 7.11 Å². The molecule has 25 heavy (non-hydrogen) atoms. The second kappa shape index (κ2) is 7.60. The third-order valence-electron chi connectivity index (χ3n) is 4.39. The van der Waals surface area contributed by atoms with Crippen molar-refractivity contribution in [3.8, 4) is 28.7 Å². The van der Waals surface area contributed by atoms with Crippen LogP contribution in [0.1, 0.15) is 24.0 Å². The Morgan fingerprint density at radius 3 is 2.84 bits per heavy atom. The van der Waals surface area contributed by atoms with Gasteiger partial charge in [-0.3, -0.25) is 0 Å². The summed E-state index contributed by atoms with van der Waals surface area (Å²) in [6, 6.07) is 13.9. The van der Waals surface area contributed by atoms with Crippen LogP contribution < -0.4 is 9.47 Å². The molecule has 0 spiro atoms. The standard InChI is InChI=1S/C19H20BNO4/c1-3-24-19-17(11-21)16(7-8-18(19)23-2)14-6-4-5-13(9-14)15-10-20(22)25-12-15/h4-9,15,22H,3,10,12H2,1-2H3/t15-/m1/s1. The summed E-state index contributed by atoms with van der Waals surface area (Å²) in [4.78, 5) is 0. The first-order chi connectivity index (χ1) is 12.2. The van der Waals surface area contributed by atoms with Crippen molar-refractivity contribution in [2.45, 2.75) is 19.2 Å². The molecule has 1 aliphatic heterocycles. The topological polar surface area (TPSA) is 71.7 Å². The lowest BCUT2D eigenvalue weighted by atomic mass is 9.79. The lowest BCUT2D eigenvalue weighted by Gasteiger charge is -2.15. The number of hydrogen-bond donors (Lipinski definition) is 1. The van der Waals surface area contributed by atoms with E-state index in [4.69, 9.17) is 14.1 Å². The first-order valence-electron chi connectivity index (χ1n) is 8.31. The largest absolute Gasteiger partial charge is 0.493 e. The van der Waals surface area contributed by atoms with Crippen LogP contribution in [-0.2, 0) is 4.65 Å². The summed E-state index contributed by atoms with van der Waals surface area (Å²) in [6.07, 6.45) is 0.585. The predicted octanol–water partition coefficient (Wildman–Crippen LogP) is 3.23. The van der Waals surface area contributed by atoms with Gasteiger partial charge in [-0.15, -0.1) is 0 Å². The van der Waals surface area contributed by atoms with Crippen LogP contribution in [0.25, 0.3) is 11.1 Å². The average molecular weight is 337 g/mol. The lowest BCUT2D eigenvalue weighted by Crippen LogP contribution is -2.07. The summed E-state index contributed by atoms with van der Waals surface area (Å²) in [5, 5.41) is 19.3. The van der Waals surface area contributed by atoms with Crippen molar-refractivity contribution in [1.29, 1.82) is 5.26 Å². The van der Waals surface area contributed by atoms with Crippen LogP contribution in [-0.4, -0.2) is 32.5 Å². The molecule has 0 aliphatic carbocycles. The van der Waals surface area contributed by atoms with E-state index in [2.05, 4.69) is 6.07 Å². The minimum atomic E-state index is -0.700. The fourth-order valence-corrected chi connectivity index (χ4v) is 3.16. The van der Waals surface area contributed by atoms with Gasteiger partial charge in [-0.25, -0.2) is 0 Å². The van der Waals surface area contributed by atoms with Gasteiger partial charge in [0, 0.05) is 18.1 Å². The van der Waals surface area contributed by atoms with Gasteiger partial charge in [-0.2, -0.15) is 5.26 Å². The van der Waals surface area contributed by atoms with Crippen LogP contribution in [0.5, 0.6) is 11.5 Å². The van der Waals surface area contributed by atoms with Crippen molar-refractivity contribution in [2.24, 2.45) is 0 Å². The Kier molecular flexibility index (Phi) is 5.27. The number of nitriles is 1. The number of rotatable bonds is 5. The van der Waals surface area contributed by atoms with Crippen molar-refractivity contribution in [3.05, 3.63) is 47.5 Å². The Hall–Kier alpha value is -2.49. The molecule has 1 saturated heterocycles. The van der Waals surface area contributed by atoms with E-state index in [0.29, 0.717) is 36.6 Å². The molecule has 0 aromatic heterocycles. The highest BCUT2D eigenvalue weighted by molar-refractivity contribution is 6.43. The van der Waals surface area contributed by atoms with Gasteiger partial charge in [0.25, 0.3) is 0 Å². The van der Waals surface area contributed by atoms with Gasteiger partial charge < -0.3 is 19.2 Å². The van der Waals surface area contributed by atoms with Crippen molar-refractivity contribution in [1.82, 2.24) is 0 Å². The second-order valence-electron chi connectivity index (χ2n) is 5.91. The number of benzene rings is 2. The molecule has 1 aliphatic rings. The van der Waals surface area contributed by atoms with Crippen LogP contribution in [0.3, 0.4) is 0 Å².